The van der Waals surface area contributed by atoms with Gasteiger partial charge in [-0.3, -0.25) is 43.3 Å². The number of aromatic nitrogens is 2. The quantitative estimate of drug-likeness (QED) is 0.0284. The van der Waals surface area contributed by atoms with Crippen LogP contribution in [-0.2, 0) is 51.2 Å². The van der Waals surface area contributed by atoms with Gasteiger partial charge in [0.05, 0.1) is 12.4 Å². The van der Waals surface area contributed by atoms with Crippen LogP contribution in [0.2, 0.25) is 0 Å². The van der Waals surface area contributed by atoms with Crippen LogP contribution in [0.1, 0.15) is 84.9 Å². The van der Waals surface area contributed by atoms with Crippen LogP contribution in [0.3, 0.4) is 0 Å². The number of amides is 7. The molecule has 0 unspecified atom stereocenters. The highest BCUT2D eigenvalue weighted by Gasteiger charge is 2.40. The maximum Gasteiger partial charge on any atom is 0.325 e. The van der Waals surface area contributed by atoms with E-state index in [0.717, 1.165) is 0 Å². The first-order chi connectivity index (χ1) is 31.7. The highest BCUT2D eigenvalue weighted by molar-refractivity contribution is 5.98. The number of hydrogen-bond donors (Lipinski definition) is 12. The van der Waals surface area contributed by atoms with Gasteiger partial charge in [-0.25, -0.2) is 4.98 Å². The van der Waals surface area contributed by atoms with Crippen LogP contribution >= 0.6 is 0 Å². The van der Waals surface area contributed by atoms with Gasteiger partial charge < -0.3 is 68.8 Å². The van der Waals surface area contributed by atoms with E-state index in [1.165, 1.54) is 36.5 Å². The number of hydrogen-bond acceptors (Lipinski definition) is 12. The lowest BCUT2D eigenvalue weighted by atomic mass is 9.96. The number of phenols is 1. The first-order valence-corrected chi connectivity index (χ1v) is 22.5. The number of imidazole rings is 1. The average molecular weight is 940 g/mol. The Hall–Kier alpha value is -6.78. The second kappa shape index (κ2) is 26.4. The van der Waals surface area contributed by atoms with E-state index in [2.05, 4.69) is 52.2 Å². The van der Waals surface area contributed by atoms with Gasteiger partial charge in [-0.2, -0.15) is 0 Å². The minimum absolute atomic E-state index is 0.0381. The Labute approximate surface area is 390 Å². The highest BCUT2D eigenvalue weighted by atomic mass is 16.4. The molecule has 0 radical (unpaired) electrons. The summed E-state index contributed by atoms with van der Waals surface area (Å²) < 4.78 is 0. The van der Waals surface area contributed by atoms with Crippen LogP contribution in [0.15, 0.2) is 41.8 Å². The number of aromatic hydroxyl groups is 1. The molecule has 1 fully saturated rings. The molecule has 1 aliphatic heterocycles. The number of rotatable bonds is 26. The number of carbonyl (C=O) groups is 8. The van der Waals surface area contributed by atoms with Gasteiger partial charge >= 0.3 is 5.97 Å². The molecule has 0 bridgehead atoms. The monoisotopic (exact) mass is 940 g/mol. The van der Waals surface area contributed by atoms with Gasteiger partial charge in [-0.05, 0) is 76.1 Å². The molecule has 370 valence electrons. The Balaban J connectivity index is 1.92. The van der Waals surface area contributed by atoms with Crippen LogP contribution in [0, 0.1) is 11.8 Å². The van der Waals surface area contributed by atoms with Crippen molar-refractivity contribution in [1.29, 1.82) is 0 Å². The summed E-state index contributed by atoms with van der Waals surface area (Å²) in [7, 11) is 1.59. The van der Waals surface area contributed by atoms with E-state index < -0.39 is 107 Å². The lowest BCUT2D eigenvalue weighted by Gasteiger charge is -2.32. The van der Waals surface area contributed by atoms with Crippen molar-refractivity contribution in [3.8, 4) is 5.75 Å². The zero-order valence-electron chi connectivity index (χ0n) is 39.3. The fourth-order valence-corrected chi connectivity index (χ4v) is 7.24. The molecule has 3 rings (SSSR count). The molecule has 1 saturated heterocycles. The van der Waals surface area contributed by atoms with E-state index in [1.54, 1.807) is 53.8 Å². The standard InChI is InChI=1S/C44H69N13O10/c1-8-24(4)35(41(64)54-32(20-28-21-48-22-50-28)42(65)57-18-10-12-33(57)39(62)51-26(6)43(66)67)56-38(61)31(19-27-13-15-29(58)16-14-27)53-40(63)34(23(2)3)55-37(60)30(11-9-17-49-44(45)46)52-36(59)25(5)47-7/h13-16,21-26,30-35,47,58H,8-12,17-20H2,1-7H3,(H,48,50)(H,51,62)(H,52,59)(H,53,63)(H,54,64)(H,55,60)(H,56,61)(H,66,67)(H4,45,46,49)/t24-,25+,26-,30-,31-,32-,33-,34-,35-/m0/s1. The summed E-state index contributed by atoms with van der Waals surface area (Å²) in [5.74, 6) is -7.11. The number of carboxylic acid groups (broad SMARTS) is 1. The predicted molar refractivity (Wildman–Crippen MR) is 246 cm³/mol. The summed E-state index contributed by atoms with van der Waals surface area (Å²) in [5.41, 5.74) is 11.9. The molecular formula is C44H69N13O10. The Morgan fingerprint density at radius 3 is 2.00 bits per heavy atom. The van der Waals surface area contributed by atoms with Crippen molar-refractivity contribution < 1.29 is 48.6 Å². The maximum absolute atomic E-state index is 14.5. The molecule has 0 aliphatic carbocycles. The number of aliphatic imine (C=N–C) groups is 1. The second-order valence-electron chi connectivity index (χ2n) is 17.2. The number of phenolic OH excluding ortho intramolecular Hbond substituents is 1. The maximum atomic E-state index is 14.5. The molecular weight excluding hydrogens is 871 g/mol. The largest absolute Gasteiger partial charge is 0.508 e. The molecule has 1 aromatic heterocycles. The Bertz CT molecular complexity index is 2030. The van der Waals surface area contributed by atoms with Gasteiger partial charge in [0.25, 0.3) is 0 Å². The third-order valence-corrected chi connectivity index (χ3v) is 11.6. The SMILES string of the molecule is CC[C@H](C)[C@H](NC(=O)[C@H](Cc1ccc(O)cc1)NC(=O)[C@@H](NC(=O)[C@H](CCCN=C(N)N)NC(=O)[C@@H](C)NC)C(C)C)C(=O)N[C@@H](Cc1cnc[nH]1)C(=O)N1CCC[C@H]1C(=O)N[C@@H](C)C(=O)O. The van der Waals surface area contributed by atoms with Gasteiger partial charge in [0.2, 0.25) is 41.4 Å². The van der Waals surface area contributed by atoms with Crippen molar-refractivity contribution in [1.82, 2.24) is 52.1 Å². The normalized spacial score (nSPS) is 17.0. The van der Waals surface area contributed by atoms with Gasteiger partial charge in [0.15, 0.2) is 5.96 Å². The summed E-state index contributed by atoms with van der Waals surface area (Å²) in [6.45, 7) is 10.2. The number of aromatic amines is 1. The molecule has 9 atom stereocenters. The smallest absolute Gasteiger partial charge is 0.325 e. The number of likely N-dealkylation sites (tertiary alicyclic amines) is 1. The van der Waals surface area contributed by atoms with E-state index in [9.17, 15) is 48.6 Å². The second-order valence-corrected chi connectivity index (χ2v) is 17.2. The molecule has 2 heterocycles. The Morgan fingerprint density at radius 2 is 1.42 bits per heavy atom. The van der Waals surface area contributed by atoms with Crippen LogP contribution in [0.5, 0.6) is 5.75 Å². The van der Waals surface area contributed by atoms with Crippen molar-refractivity contribution in [3.63, 3.8) is 0 Å². The number of carboxylic acids is 1. The minimum Gasteiger partial charge on any atom is -0.508 e. The number of benzene rings is 1. The van der Waals surface area contributed by atoms with Crippen molar-refractivity contribution >= 4 is 53.3 Å². The number of aliphatic carboxylic acids is 1. The van der Waals surface area contributed by atoms with Crippen LogP contribution in [0.25, 0.3) is 0 Å². The van der Waals surface area contributed by atoms with E-state index in [4.69, 9.17) is 11.5 Å². The predicted octanol–water partition coefficient (Wildman–Crippen LogP) is -1.73. The number of likely N-dealkylation sites (N-methyl/N-ethyl adjacent to an activating group) is 1. The van der Waals surface area contributed by atoms with E-state index >= 15 is 0 Å². The summed E-state index contributed by atoms with van der Waals surface area (Å²) in [4.78, 5) is 121. The first kappa shape index (κ1) is 54.6. The lowest BCUT2D eigenvalue weighted by molar-refractivity contribution is -0.144. The zero-order chi connectivity index (χ0) is 50.0. The van der Waals surface area contributed by atoms with Crippen LogP contribution in [-0.4, -0.2) is 147 Å². The molecule has 67 heavy (non-hydrogen) atoms. The zero-order valence-corrected chi connectivity index (χ0v) is 39.3. The van der Waals surface area contributed by atoms with Crippen molar-refractivity contribution in [2.24, 2.45) is 28.3 Å². The van der Waals surface area contributed by atoms with Crippen LogP contribution < -0.4 is 48.7 Å². The average Bonchev–Trinajstić information content (AvgIpc) is 4.00. The number of nitrogens with two attached hydrogens (primary N) is 2. The van der Waals surface area contributed by atoms with Crippen molar-refractivity contribution in [2.45, 2.75) is 135 Å². The highest BCUT2D eigenvalue weighted by Crippen LogP contribution is 2.21. The van der Waals surface area contributed by atoms with Gasteiger partial charge in [-0.1, -0.05) is 46.2 Å². The minimum atomic E-state index is -1.35. The van der Waals surface area contributed by atoms with E-state index in [-0.39, 0.29) is 50.5 Å². The molecule has 2 aromatic rings. The molecule has 0 spiro atoms. The summed E-state index contributed by atoms with van der Waals surface area (Å²) in [5, 5.41) is 38.3. The fourth-order valence-electron chi connectivity index (χ4n) is 7.24. The van der Waals surface area contributed by atoms with Crippen molar-refractivity contribution in [3.05, 3.63) is 48.0 Å². The van der Waals surface area contributed by atoms with Gasteiger partial charge in [-0.15, -0.1) is 0 Å². The summed E-state index contributed by atoms with van der Waals surface area (Å²) in [6, 6.07) is -3.07. The fraction of sp³-hybridized carbons (Fsp3) is 0.591. The van der Waals surface area contributed by atoms with E-state index in [0.29, 0.717) is 30.5 Å². The summed E-state index contributed by atoms with van der Waals surface area (Å²) >= 11 is 0. The number of H-pyrrole nitrogens is 1. The molecule has 23 nitrogen and oxygen atoms in total. The number of guanidine groups is 1. The first-order valence-electron chi connectivity index (χ1n) is 22.5. The Kier molecular flexibility index (Phi) is 21.5. The van der Waals surface area contributed by atoms with E-state index in [1.807, 2.05) is 0 Å². The lowest BCUT2D eigenvalue weighted by Crippen LogP contribution is -2.62. The van der Waals surface area contributed by atoms with Crippen LogP contribution in [0.4, 0.5) is 0 Å². The third kappa shape index (κ3) is 16.9. The van der Waals surface area contributed by atoms with Gasteiger partial charge in [0.1, 0.15) is 48.0 Å². The number of carbonyl (C=O) groups excluding carboxylic acids is 7. The molecule has 1 aliphatic rings. The molecule has 23 heteroatoms. The molecule has 1 aromatic carbocycles. The Morgan fingerprint density at radius 1 is 0.806 bits per heavy atom. The molecule has 7 amide bonds. The number of nitrogens with one attached hydrogen (secondary N) is 8. The topological polar surface area (TPSA) is 358 Å². The number of nitrogens with zero attached hydrogens (tertiary/aromatic N) is 3. The van der Waals surface area contributed by atoms with Gasteiger partial charge in [0, 0.05) is 37.8 Å². The molecule has 14 N–H and O–H groups in total. The summed E-state index contributed by atoms with van der Waals surface area (Å²) in [6.07, 6.45) is 4.23. The third-order valence-electron chi connectivity index (χ3n) is 11.6. The molecule has 0 saturated carbocycles. The van der Waals surface area contributed by atoms with Crippen molar-refractivity contribution in [2.75, 3.05) is 20.1 Å².